The molecule has 0 unspecified atom stereocenters. The molecule has 1 N–H and O–H groups in total. The molecule has 8 nitrogen and oxygen atoms in total. The van der Waals surface area contributed by atoms with E-state index in [1.54, 1.807) is 37.7 Å². The zero-order valence-electron chi connectivity index (χ0n) is 16.7. The molecule has 1 aliphatic heterocycles. The molecule has 0 bridgehead atoms. The van der Waals surface area contributed by atoms with Crippen LogP contribution in [0.1, 0.15) is 46.5 Å². The van der Waals surface area contributed by atoms with Gasteiger partial charge in [0.15, 0.2) is 15.6 Å². The van der Waals surface area contributed by atoms with Gasteiger partial charge in [0.05, 0.1) is 16.3 Å². The summed E-state index contributed by atoms with van der Waals surface area (Å²) in [6.07, 6.45) is 3.14. The molecule has 2 aromatic heterocycles. The maximum absolute atomic E-state index is 13.2. The lowest BCUT2D eigenvalue weighted by Crippen LogP contribution is -2.22. The second kappa shape index (κ2) is 6.55. The molecule has 0 saturated carbocycles. The number of H-pyrrole nitrogens is 1. The van der Waals surface area contributed by atoms with Gasteiger partial charge in [0.2, 0.25) is 0 Å². The van der Waals surface area contributed by atoms with E-state index in [-0.39, 0.29) is 16.2 Å². The lowest BCUT2D eigenvalue weighted by atomic mass is 9.91. The third-order valence-corrected chi connectivity index (χ3v) is 7.26. The standard InChI is InChI=1S/C20H22N4O4S/c1-5-23-9-13-10-29(27,28)19-11(3)7-14(12(4)16(19)17(13)22-23)18(25)15-8-21-24(6-2)20(15)26/h7-9,21H,5-6,10H2,1-4H3. The Balaban J connectivity index is 2.00. The van der Waals surface area contributed by atoms with Crippen molar-refractivity contribution in [2.45, 2.75) is 51.4 Å². The number of sulfone groups is 1. The van der Waals surface area contributed by atoms with Crippen LogP contribution in [0.15, 0.2) is 28.2 Å². The molecule has 0 fully saturated rings. The van der Waals surface area contributed by atoms with E-state index in [0.29, 0.717) is 46.6 Å². The van der Waals surface area contributed by atoms with E-state index in [4.69, 9.17) is 0 Å². The molecular formula is C20H22N4O4S. The molecule has 9 heteroatoms. The highest BCUT2D eigenvalue weighted by Gasteiger charge is 2.35. The van der Waals surface area contributed by atoms with Crippen LogP contribution in [-0.2, 0) is 28.7 Å². The first kappa shape index (κ1) is 19.4. The van der Waals surface area contributed by atoms with Gasteiger partial charge in [0.1, 0.15) is 5.56 Å². The molecule has 1 aromatic carbocycles. The first-order chi connectivity index (χ1) is 13.7. The van der Waals surface area contributed by atoms with E-state index in [0.717, 1.165) is 0 Å². The molecule has 1 aliphatic rings. The van der Waals surface area contributed by atoms with Gasteiger partial charge in [-0.3, -0.25) is 19.0 Å². The van der Waals surface area contributed by atoms with Crippen molar-refractivity contribution in [3.05, 3.63) is 56.6 Å². The Morgan fingerprint density at radius 2 is 1.93 bits per heavy atom. The van der Waals surface area contributed by atoms with Crippen LogP contribution >= 0.6 is 0 Å². The Labute approximate surface area is 168 Å². The number of nitrogens with zero attached hydrogens (tertiary/aromatic N) is 3. The fourth-order valence-corrected chi connectivity index (χ4v) is 5.86. The number of fused-ring (bicyclic) bond motifs is 3. The summed E-state index contributed by atoms with van der Waals surface area (Å²) < 4.78 is 29.0. The number of carbonyl (C=O) groups is 1. The Morgan fingerprint density at radius 1 is 1.21 bits per heavy atom. The zero-order valence-corrected chi connectivity index (χ0v) is 17.6. The zero-order chi connectivity index (χ0) is 21.1. The SMILES string of the molecule is CCn1cc2c(n1)-c1c(C)c(C(=O)c3c[nH]n(CC)c3=O)cc(C)c1S(=O)(=O)C2. The largest absolute Gasteiger partial charge is 0.302 e. The van der Waals surface area contributed by atoms with Crippen LogP contribution in [0.4, 0.5) is 0 Å². The third kappa shape index (κ3) is 2.79. The Kier molecular flexibility index (Phi) is 4.38. The summed E-state index contributed by atoms with van der Waals surface area (Å²) in [4.78, 5) is 25.8. The molecule has 29 heavy (non-hydrogen) atoms. The quantitative estimate of drug-likeness (QED) is 0.659. The minimum absolute atomic E-state index is 0.0345. The summed E-state index contributed by atoms with van der Waals surface area (Å²) in [5.41, 5.74) is 2.64. The first-order valence-electron chi connectivity index (χ1n) is 9.46. The number of nitrogens with one attached hydrogen (secondary N) is 1. The minimum atomic E-state index is -3.56. The van der Waals surface area contributed by atoms with Gasteiger partial charge >= 0.3 is 0 Å². The average molecular weight is 414 g/mol. The summed E-state index contributed by atoms with van der Waals surface area (Å²) in [7, 11) is -3.56. The number of rotatable bonds is 4. The van der Waals surface area contributed by atoms with Gasteiger partial charge in [-0.2, -0.15) is 5.10 Å². The van der Waals surface area contributed by atoms with E-state index in [1.165, 1.54) is 10.9 Å². The van der Waals surface area contributed by atoms with Crippen LogP contribution in [0, 0.1) is 13.8 Å². The molecule has 3 aromatic rings. The molecule has 0 radical (unpaired) electrons. The van der Waals surface area contributed by atoms with E-state index in [9.17, 15) is 18.0 Å². The van der Waals surface area contributed by atoms with Gasteiger partial charge in [-0.1, -0.05) is 0 Å². The molecular weight excluding hydrogens is 392 g/mol. The smallest absolute Gasteiger partial charge is 0.277 e. The first-order valence-corrected chi connectivity index (χ1v) is 11.1. The van der Waals surface area contributed by atoms with Crippen LogP contribution in [-0.4, -0.2) is 33.8 Å². The summed E-state index contributed by atoms with van der Waals surface area (Å²) in [5.74, 6) is -0.539. The van der Waals surface area contributed by atoms with Gasteiger partial charge in [-0.15, -0.1) is 0 Å². The third-order valence-electron chi connectivity index (χ3n) is 5.43. The Bertz CT molecular complexity index is 1330. The van der Waals surface area contributed by atoms with E-state index in [2.05, 4.69) is 10.2 Å². The second-order valence-corrected chi connectivity index (χ2v) is 9.18. The predicted octanol–water partition coefficient (Wildman–Crippen LogP) is 2.21. The summed E-state index contributed by atoms with van der Waals surface area (Å²) in [5, 5.41) is 7.34. The van der Waals surface area contributed by atoms with Crippen LogP contribution in [0.5, 0.6) is 0 Å². The van der Waals surface area contributed by atoms with E-state index >= 15 is 0 Å². The number of ketones is 1. The Hall–Kier alpha value is -2.94. The van der Waals surface area contributed by atoms with Crippen molar-refractivity contribution in [1.82, 2.24) is 19.6 Å². The van der Waals surface area contributed by atoms with E-state index in [1.807, 2.05) is 6.92 Å². The number of aromatic amines is 1. The average Bonchev–Trinajstić information content (AvgIpc) is 3.24. The van der Waals surface area contributed by atoms with Crippen molar-refractivity contribution in [3.63, 3.8) is 0 Å². The number of aryl methyl sites for hydroxylation is 3. The predicted molar refractivity (Wildman–Crippen MR) is 108 cm³/mol. The summed E-state index contributed by atoms with van der Waals surface area (Å²) >= 11 is 0. The van der Waals surface area contributed by atoms with Crippen LogP contribution in [0.25, 0.3) is 11.3 Å². The molecule has 0 spiro atoms. The van der Waals surface area contributed by atoms with Gasteiger partial charge in [0.25, 0.3) is 5.56 Å². The fraction of sp³-hybridized carbons (Fsp3) is 0.350. The molecule has 152 valence electrons. The number of hydrogen-bond donors (Lipinski definition) is 1. The number of benzene rings is 1. The molecule has 4 rings (SSSR count). The van der Waals surface area contributed by atoms with Crippen molar-refractivity contribution >= 4 is 15.6 Å². The highest BCUT2D eigenvalue weighted by molar-refractivity contribution is 7.91. The van der Waals surface area contributed by atoms with Gasteiger partial charge in [-0.05, 0) is 44.9 Å². The maximum atomic E-state index is 13.2. The maximum Gasteiger partial charge on any atom is 0.277 e. The summed E-state index contributed by atoms with van der Waals surface area (Å²) in [6, 6.07) is 1.57. The van der Waals surface area contributed by atoms with Crippen molar-refractivity contribution in [3.8, 4) is 11.3 Å². The monoisotopic (exact) mass is 414 g/mol. The van der Waals surface area contributed by atoms with Crippen molar-refractivity contribution < 1.29 is 13.2 Å². The highest BCUT2D eigenvalue weighted by Crippen LogP contribution is 2.42. The van der Waals surface area contributed by atoms with Gasteiger partial charge in [0, 0.05) is 42.2 Å². The lowest BCUT2D eigenvalue weighted by Gasteiger charge is -2.22. The number of aromatic nitrogens is 4. The molecule has 0 amide bonds. The van der Waals surface area contributed by atoms with Gasteiger partial charge < -0.3 is 5.10 Å². The van der Waals surface area contributed by atoms with Crippen LogP contribution in [0.3, 0.4) is 0 Å². The Morgan fingerprint density at radius 3 is 2.55 bits per heavy atom. The van der Waals surface area contributed by atoms with Crippen molar-refractivity contribution in [2.24, 2.45) is 0 Å². The topological polar surface area (TPSA) is 107 Å². The second-order valence-electron chi connectivity index (χ2n) is 7.25. The minimum Gasteiger partial charge on any atom is -0.302 e. The molecule has 0 atom stereocenters. The number of hydrogen-bond acceptors (Lipinski definition) is 5. The normalized spacial score (nSPS) is 14.5. The van der Waals surface area contributed by atoms with Crippen LogP contribution in [0.2, 0.25) is 0 Å². The van der Waals surface area contributed by atoms with E-state index < -0.39 is 21.2 Å². The molecule has 0 saturated heterocycles. The fourth-order valence-electron chi connectivity index (χ4n) is 3.98. The van der Waals surface area contributed by atoms with Crippen LogP contribution < -0.4 is 5.56 Å². The van der Waals surface area contributed by atoms with Gasteiger partial charge in [-0.25, -0.2) is 8.42 Å². The summed E-state index contributed by atoms with van der Waals surface area (Å²) in [6.45, 7) is 8.15. The number of carbonyl (C=O) groups excluding carboxylic acids is 1. The molecule has 3 heterocycles. The lowest BCUT2D eigenvalue weighted by molar-refractivity contribution is 0.103. The highest BCUT2D eigenvalue weighted by atomic mass is 32.2. The molecule has 0 aliphatic carbocycles. The van der Waals surface area contributed by atoms with Crippen molar-refractivity contribution in [1.29, 1.82) is 0 Å². The van der Waals surface area contributed by atoms with Crippen molar-refractivity contribution in [2.75, 3.05) is 0 Å².